The Bertz CT molecular complexity index is 654. The standard InChI is InChI=1S/C18H27N5O.HI/c1-3-19-18(23-11-8-15(12-23)14-24-2)20-9-7-16-13-22-10-5-4-6-17(22)21-16;/h4-6,10,13,15H,3,7-9,11-12,14H2,1-2H3,(H,19,20);1H. The van der Waals surface area contributed by atoms with Crippen molar-refractivity contribution >= 4 is 35.6 Å². The predicted molar refractivity (Wildman–Crippen MR) is 112 cm³/mol. The fraction of sp³-hybridized carbons (Fsp3) is 0.556. The minimum absolute atomic E-state index is 0. The molecule has 1 aliphatic heterocycles. The highest BCUT2D eigenvalue weighted by Gasteiger charge is 2.24. The van der Waals surface area contributed by atoms with Crippen LogP contribution in [0.25, 0.3) is 5.65 Å². The van der Waals surface area contributed by atoms with Crippen molar-refractivity contribution in [2.45, 2.75) is 19.8 Å². The number of aromatic nitrogens is 2. The minimum atomic E-state index is 0. The summed E-state index contributed by atoms with van der Waals surface area (Å²) in [6.45, 7) is 6.65. The van der Waals surface area contributed by atoms with Gasteiger partial charge in [-0.1, -0.05) is 6.07 Å². The second kappa shape index (κ2) is 9.96. The molecule has 1 atom stereocenters. The van der Waals surface area contributed by atoms with Crippen molar-refractivity contribution in [3.63, 3.8) is 0 Å². The maximum Gasteiger partial charge on any atom is 0.193 e. The van der Waals surface area contributed by atoms with Crippen LogP contribution in [-0.2, 0) is 11.2 Å². The SMILES string of the molecule is CCNC(=NCCc1cn2ccccc2n1)N1CCC(COC)C1.I. The van der Waals surface area contributed by atoms with Gasteiger partial charge in [-0.2, -0.15) is 0 Å². The van der Waals surface area contributed by atoms with Crippen LogP contribution in [0.3, 0.4) is 0 Å². The molecule has 138 valence electrons. The monoisotopic (exact) mass is 457 g/mol. The zero-order valence-corrected chi connectivity index (χ0v) is 17.3. The molecule has 6 nitrogen and oxygen atoms in total. The molecule has 25 heavy (non-hydrogen) atoms. The number of ether oxygens (including phenoxy) is 1. The maximum absolute atomic E-state index is 5.28. The van der Waals surface area contributed by atoms with Crippen molar-refractivity contribution in [3.05, 3.63) is 36.3 Å². The molecule has 2 aromatic heterocycles. The molecule has 0 spiro atoms. The molecular formula is C18H28IN5O. The number of imidazole rings is 1. The minimum Gasteiger partial charge on any atom is -0.384 e. The first-order valence-corrected chi connectivity index (χ1v) is 8.75. The Kier molecular flexibility index (Phi) is 7.95. The van der Waals surface area contributed by atoms with Gasteiger partial charge in [0, 0.05) is 58.0 Å². The van der Waals surface area contributed by atoms with Crippen LogP contribution < -0.4 is 5.32 Å². The quantitative estimate of drug-likeness (QED) is 0.412. The number of likely N-dealkylation sites (tertiary alicyclic amines) is 1. The summed E-state index contributed by atoms with van der Waals surface area (Å²) in [7, 11) is 1.77. The Labute approximate surface area is 166 Å². The molecule has 0 radical (unpaired) electrons. The van der Waals surface area contributed by atoms with Crippen LogP contribution in [0, 0.1) is 5.92 Å². The van der Waals surface area contributed by atoms with E-state index in [4.69, 9.17) is 9.73 Å². The molecule has 1 N–H and O–H groups in total. The van der Waals surface area contributed by atoms with Crippen molar-refractivity contribution < 1.29 is 4.74 Å². The fourth-order valence-electron chi connectivity index (χ4n) is 3.21. The number of nitrogens with zero attached hydrogens (tertiary/aromatic N) is 4. The van der Waals surface area contributed by atoms with Gasteiger partial charge in [0.15, 0.2) is 5.96 Å². The number of halogens is 1. The first kappa shape index (κ1) is 20.0. The molecule has 0 aromatic carbocycles. The van der Waals surface area contributed by atoms with E-state index in [1.54, 1.807) is 7.11 Å². The van der Waals surface area contributed by atoms with E-state index in [0.29, 0.717) is 5.92 Å². The molecular weight excluding hydrogens is 429 g/mol. The van der Waals surface area contributed by atoms with E-state index in [9.17, 15) is 0 Å². The van der Waals surface area contributed by atoms with Crippen LogP contribution in [0.4, 0.5) is 0 Å². The van der Waals surface area contributed by atoms with Crippen LogP contribution >= 0.6 is 24.0 Å². The largest absolute Gasteiger partial charge is 0.384 e. The summed E-state index contributed by atoms with van der Waals surface area (Å²) in [5, 5.41) is 3.41. The number of fused-ring (bicyclic) bond motifs is 1. The highest BCUT2D eigenvalue weighted by Crippen LogP contribution is 2.16. The lowest BCUT2D eigenvalue weighted by Crippen LogP contribution is -2.40. The van der Waals surface area contributed by atoms with Crippen molar-refractivity contribution in [3.8, 4) is 0 Å². The van der Waals surface area contributed by atoms with Gasteiger partial charge in [0.05, 0.1) is 12.3 Å². The van der Waals surface area contributed by atoms with Crippen molar-refractivity contribution in [1.82, 2.24) is 19.6 Å². The number of hydrogen-bond donors (Lipinski definition) is 1. The van der Waals surface area contributed by atoms with Crippen LogP contribution in [0.15, 0.2) is 35.6 Å². The topological polar surface area (TPSA) is 54.2 Å². The Morgan fingerprint density at radius 3 is 3.08 bits per heavy atom. The van der Waals surface area contributed by atoms with Crippen molar-refractivity contribution in [1.29, 1.82) is 0 Å². The van der Waals surface area contributed by atoms with Gasteiger partial charge in [-0.25, -0.2) is 4.98 Å². The summed E-state index contributed by atoms with van der Waals surface area (Å²) in [5.41, 5.74) is 2.07. The van der Waals surface area contributed by atoms with E-state index in [1.807, 2.05) is 24.4 Å². The van der Waals surface area contributed by atoms with Crippen LogP contribution in [0.5, 0.6) is 0 Å². The lowest BCUT2D eigenvalue weighted by molar-refractivity contribution is 0.157. The van der Waals surface area contributed by atoms with Crippen molar-refractivity contribution in [2.24, 2.45) is 10.9 Å². The second-order valence-electron chi connectivity index (χ2n) is 6.24. The lowest BCUT2D eigenvalue weighted by Gasteiger charge is -2.21. The van der Waals surface area contributed by atoms with Gasteiger partial charge in [-0.05, 0) is 25.5 Å². The molecule has 0 amide bonds. The number of nitrogens with one attached hydrogen (secondary N) is 1. The smallest absolute Gasteiger partial charge is 0.193 e. The van der Waals surface area contributed by atoms with E-state index >= 15 is 0 Å². The molecule has 1 fully saturated rings. The number of guanidine groups is 1. The van der Waals surface area contributed by atoms with Gasteiger partial charge < -0.3 is 19.4 Å². The summed E-state index contributed by atoms with van der Waals surface area (Å²) in [5.74, 6) is 1.62. The first-order valence-electron chi connectivity index (χ1n) is 8.75. The van der Waals surface area contributed by atoms with Gasteiger partial charge in [-0.3, -0.25) is 4.99 Å². The third-order valence-electron chi connectivity index (χ3n) is 4.37. The molecule has 1 aliphatic rings. The molecule has 7 heteroatoms. The molecule has 0 aliphatic carbocycles. The third kappa shape index (κ3) is 5.31. The summed E-state index contributed by atoms with van der Waals surface area (Å²) in [6, 6.07) is 6.05. The van der Waals surface area contributed by atoms with Crippen LogP contribution in [-0.4, -0.2) is 60.1 Å². The van der Waals surface area contributed by atoms with Gasteiger partial charge in [0.2, 0.25) is 0 Å². The third-order valence-corrected chi connectivity index (χ3v) is 4.37. The Balaban J connectivity index is 0.00000225. The molecule has 3 heterocycles. The van der Waals surface area contributed by atoms with E-state index in [1.165, 1.54) is 6.42 Å². The van der Waals surface area contributed by atoms with E-state index < -0.39 is 0 Å². The molecule has 0 bridgehead atoms. The molecule has 0 saturated carbocycles. The number of aliphatic imine (C=N–C) groups is 1. The van der Waals surface area contributed by atoms with E-state index in [-0.39, 0.29) is 24.0 Å². The van der Waals surface area contributed by atoms with Crippen molar-refractivity contribution in [2.75, 3.05) is 39.9 Å². The van der Waals surface area contributed by atoms with Crippen LogP contribution in [0.2, 0.25) is 0 Å². The summed E-state index contributed by atoms with van der Waals surface area (Å²) < 4.78 is 7.34. The maximum atomic E-state index is 5.28. The van der Waals surface area contributed by atoms with E-state index in [2.05, 4.69) is 32.7 Å². The Morgan fingerprint density at radius 2 is 2.32 bits per heavy atom. The number of rotatable bonds is 6. The summed E-state index contributed by atoms with van der Waals surface area (Å²) in [6.07, 6.45) is 6.14. The first-order chi connectivity index (χ1) is 11.8. The van der Waals surface area contributed by atoms with Gasteiger partial charge in [-0.15, -0.1) is 24.0 Å². The van der Waals surface area contributed by atoms with Gasteiger partial charge >= 0.3 is 0 Å². The summed E-state index contributed by atoms with van der Waals surface area (Å²) >= 11 is 0. The zero-order valence-electron chi connectivity index (χ0n) is 15.0. The average Bonchev–Trinajstić information content (AvgIpc) is 3.20. The Hall–Kier alpha value is -1.35. The average molecular weight is 457 g/mol. The van der Waals surface area contributed by atoms with Gasteiger partial charge in [0.25, 0.3) is 0 Å². The molecule has 2 aromatic rings. The number of pyridine rings is 1. The lowest BCUT2D eigenvalue weighted by atomic mass is 10.1. The predicted octanol–water partition coefficient (Wildman–Crippen LogP) is 2.43. The number of hydrogen-bond acceptors (Lipinski definition) is 3. The normalized spacial score (nSPS) is 17.8. The summed E-state index contributed by atoms with van der Waals surface area (Å²) in [4.78, 5) is 11.8. The number of methoxy groups -OCH3 is 1. The van der Waals surface area contributed by atoms with Crippen LogP contribution in [0.1, 0.15) is 19.0 Å². The second-order valence-corrected chi connectivity index (χ2v) is 6.24. The highest BCUT2D eigenvalue weighted by atomic mass is 127. The fourth-order valence-corrected chi connectivity index (χ4v) is 3.21. The molecule has 1 saturated heterocycles. The zero-order chi connectivity index (χ0) is 16.8. The van der Waals surface area contributed by atoms with Gasteiger partial charge in [0.1, 0.15) is 5.65 Å². The Morgan fingerprint density at radius 1 is 1.44 bits per heavy atom. The highest BCUT2D eigenvalue weighted by molar-refractivity contribution is 14.0. The van der Waals surface area contributed by atoms with E-state index in [0.717, 1.165) is 56.5 Å². The molecule has 1 unspecified atom stereocenters. The molecule has 3 rings (SSSR count).